The molecular weight excluding hydrogens is 214 g/mol. The van der Waals surface area contributed by atoms with Crippen LogP contribution in [0.3, 0.4) is 0 Å². The molecule has 90 valence electrons. The number of aromatic nitrogens is 1. The molecule has 2 aliphatic carbocycles. The normalized spacial score (nSPS) is 20.9. The molecular formula is C13H17N3O. The molecule has 3 N–H and O–H groups in total. The predicted octanol–water partition coefficient (Wildman–Crippen LogP) is 1.58. The summed E-state index contributed by atoms with van der Waals surface area (Å²) >= 11 is 0. The number of nitrogens with two attached hydrogens (primary N) is 1. The molecule has 4 nitrogen and oxygen atoms in total. The number of hydrogen-bond donors (Lipinski definition) is 2. The zero-order chi connectivity index (χ0) is 11.9. The summed E-state index contributed by atoms with van der Waals surface area (Å²) in [4.78, 5) is 15.8. The van der Waals surface area contributed by atoms with Crippen molar-refractivity contribution >= 4 is 11.6 Å². The smallest absolute Gasteiger partial charge is 0.253 e. The van der Waals surface area contributed by atoms with Gasteiger partial charge in [0.1, 0.15) is 0 Å². The highest BCUT2D eigenvalue weighted by Gasteiger charge is 2.53. The molecule has 2 aliphatic rings. The van der Waals surface area contributed by atoms with Crippen molar-refractivity contribution in [2.75, 3.05) is 12.3 Å². The van der Waals surface area contributed by atoms with Crippen LogP contribution in [0.25, 0.3) is 0 Å². The van der Waals surface area contributed by atoms with Crippen LogP contribution in [0.5, 0.6) is 0 Å². The maximum Gasteiger partial charge on any atom is 0.253 e. The lowest BCUT2D eigenvalue weighted by Gasteiger charge is -2.15. The summed E-state index contributed by atoms with van der Waals surface area (Å²) in [5, 5.41) is 3.02. The highest BCUT2D eigenvalue weighted by Crippen LogP contribution is 2.60. The molecule has 4 heteroatoms. The fourth-order valence-corrected chi connectivity index (χ4v) is 2.55. The first-order valence-electron chi connectivity index (χ1n) is 6.19. The zero-order valence-electron chi connectivity index (χ0n) is 9.78. The van der Waals surface area contributed by atoms with Crippen LogP contribution in [0.15, 0.2) is 18.5 Å². The van der Waals surface area contributed by atoms with Crippen LogP contribution in [0.4, 0.5) is 5.69 Å². The van der Waals surface area contributed by atoms with Crippen molar-refractivity contribution in [3.63, 3.8) is 0 Å². The van der Waals surface area contributed by atoms with Crippen molar-refractivity contribution < 1.29 is 4.79 Å². The molecule has 0 radical (unpaired) electrons. The number of nitrogen functional groups attached to an aromatic ring is 1. The maximum atomic E-state index is 12.0. The summed E-state index contributed by atoms with van der Waals surface area (Å²) in [5.41, 5.74) is 7.13. The molecule has 17 heavy (non-hydrogen) atoms. The summed E-state index contributed by atoms with van der Waals surface area (Å²) in [7, 11) is 0. The van der Waals surface area contributed by atoms with E-state index in [4.69, 9.17) is 5.73 Å². The topological polar surface area (TPSA) is 68.0 Å². The number of anilines is 1. The van der Waals surface area contributed by atoms with E-state index in [2.05, 4.69) is 10.3 Å². The number of pyridine rings is 1. The SMILES string of the molecule is Nc1cnccc1C(=O)NCC1(C2CC2)CC1. The lowest BCUT2D eigenvalue weighted by Crippen LogP contribution is -2.31. The second-order valence-electron chi connectivity index (χ2n) is 5.28. The van der Waals surface area contributed by atoms with Gasteiger partial charge in [-0.25, -0.2) is 0 Å². The third kappa shape index (κ3) is 1.99. The summed E-state index contributed by atoms with van der Waals surface area (Å²) in [6.07, 6.45) is 8.33. The Morgan fingerprint density at radius 1 is 1.53 bits per heavy atom. The minimum absolute atomic E-state index is 0.0724. The Labute approximate surface area is 101 Å². The first-order valence-corrected chi connectivity index (χ1v) is 6.19. The van der Waals surface area contributed by atoms with E-state index in [0.29, 0.717) is 16.7 Å². The number of nitrogens with zero attached hydrogens (tertiary/aromatic N) is 1. The first-order chi connectivity index (χ1) is 8.21. The van der Waals surface area contributed by atoms with E-state index in [9.17, 15) is 4.79 Å². The molecule has 0 saturated heterocycles. The van der Waals surface area contributed by atoms with Crippen LogP contribution < -0.4 is 11.1 Å². The minimum atomic E-state index is -0.0724. The lowest BCUT2D eigenvalue weighted by molar-refractivity contribution is 0.0943. The number of carbonyl (C=O) groups is 1. The molecule has 0 bridgehead atoms. The summed E-state index contributed by atoms with van der Waals surface area (Å²) in [5.74, 6) is 0.786. The third-order valence-corrected chi connectivity index (χ3v) is 4.03. The van der Waals surface area contributed by atoms with Gasteiger partial charge in [0, 0.05) is 12.7 Å². The molecule has 0 aromatic carbocycles. The van der Waals surface area contributed by atoms with Crippen LogP contribution in [0, 0.1) is 11.3 Å². The molecule has 0 unspecified atom stereocenters. The fourth-order valence-electron chi connectivity index (χ4n) is 2.55. The lowest BCUT2D eigenvalue weighted by atomic mass is 10.0. The Morgan fingerprint density at radius 2 is 2.29 bits per heavy atom. The van der Waals surface area contributed by atoms with E-state index in [0.717, 1.165) is 12.5 Å². The largest absolute Gasteiger partial charge is 0.397 e. The third-order valence-electron chi connectivity index (χ3n) is 4.03. The number of carbonyl (C=O) groups excluding carboxylic acids is 1. The van der Waals surface area contributed by atoms with Gasteiger partial charge < -0.3 is 11.1 Å². The van der Waals surface area contributed by atoms with Gasteiger partial charge in [-0.2, -0.15) is 0 Å². The van der Waals surface area contributed by atoms with Gasteiger partial charge in [-0.05, 0) is 43.1 Å². The molecule has 1 amide bonds. The monoisotopic (exact) mass is 231 g/mol. The number of nitrogens with one attached hydrogen (secondary N) is 1. The molecule has 2 fully saturated rings. The van der Waals surface area contributed by atoms with Crippen molar-refractivity contribution in [1.82, 2.24) is 10.3 Å². The Kier molecular flexibility index (Phi) is 2.31. The van der Waals surface area contributed by atoms with Crippen LogP contribution in [-0.2, 0) is 0 Å². The van der Waals surface area contributed by atoms with E-state index in [-0.39, 0.29) is 5.91 Å². The van der Waals surface area contributed by atoms with Crippen LogP contribution in [0.2, 0.25) is 0 Å². The van der Waals surface area contributed by atoms with Crippen molar-refractivity contribution in [3.05, 3.63) is 24.0 Å². The second-order valence-corrected chi connectivity index (χ2v) is 5.28. The Morgan fingerprint density at radius 3 is 2.88 bits per heavy atom. The average molecular weight is 231 g/mol. The van der Waals surface area contributed by atoms with E-state index in [1.807, 2.05) is 0 Å². The van der Waals surface area contributed by atoms with Crippen molar-refractivity contribution in [1.29, 1.82) is 0 Å². The molecule has 1 aromatic rings. The van der Waals surface area contributed by atoms with Gasteiger partial charge in [-0.1, -0.05) is 0 Å². The highest BCUT2D eigenvalue weighted by atomic mass is 16.1. The second kappa shape index (κ2) is 3.72. The standard InChI is InChI=1S/C13H17N3O/c14-11-7-15-6-3-10(11)12(17)16-8-13(4-5-13)9-1-2-9/h3,6-7,9H,1-2,4-5,8,14H2,(H,16,17). The van der Waals surface area contributed by atoms with E-state index < -0.39 is 0 Å². The number of hydrogen-bond acceptors (Lipinski definition) is 3. The maximum absolute atomic E-state index is 12.0. The highest BCUT2D eigenvalue weighted by molar-refractivity contribution is 5.98. The van der Waals surface area contributed by atoms with Crippen molar-refractivity contribution in [2.45, 2.75) is 25.7 Å². The predicted molar refractivity (Wildman–Crippen MR) is 65.4 cm³/mol. The van der Waals surface area contributed by atoms with Gasteiger partial charge >= 0.3 is 0 Å². The van der Waals surface area contributed by atoms with E-state index >= 15 is 0 Å². The van der Waals surface area contributed by atoms with Gasteiger partial charge in [-0.3, -0.25) is 9.78 Å². The summed E-state index contributed by atoms with van der Waals surface area (Å²) in [6.45, 7) is 0.804. The van der Waals surface area contributed by atoms with Gasteiger partial charge in [0.05, 0.1) is 17.4 Å². The quantitative estimate of drug-likeness (QED) is 0.826. The Bertz CT molecular complexity index is 450. The molecule has 3 rings (SSSR count). The first kappa shape index (κ1) is 10.6. The fraction of sp³-hybridized carbons (Fsp3) is 0.538. The van der Waals surface area contributed by atoms with Gasteiger partial charge in [0.15, 0.2) is 0 Å². The van der Waals surface area contributed by atoms with Gasteiger partial charge in [0.25, 0.3) is 5.91 Å². The Hall–Kier alpha value is -1.58. The molecule has 1 aromatic heterocycles. The average Bonchev–Trinajstić information content (AvgIpc) is 3.17. The summed E-state index contributed by atoms with van der Waals surface area (Å²) < 4.78 is 0. The molecule has 1 heterocycles. The van der Waals surface area contributed by atoms with E-state index in [1.54, 1.807) is 12.3 Å². The van der Waals surface area contributed by atoms with Gasteiger partial charge in [0.2, 0.25) is 0 Å². The van der Waals surface area contributed by atoms with Crippen LogP contribution >= 0.6 is 0 Å². The molecule has 0 spiro atoms. The molecule has 0 atom stereocenters. The zero-order valence-corrected chi connectivity index (χ0v) is 9.78. The van der Waals surface area contributed by atoms with Crippen molar-refractivity contribution in [2.24, 2.45) is 11.3 Å². The van der Waals surface area contributed by atoms with E-state index in [1.165, 1.54) is 31.9 Å². The molecule has 2 saturated carbocycles. The number of rotatable bonds is 4. The Balaban J connectivity index is 1.62. The minimum Gasteiger partial charge on any atom is -0.397 e. The summed E-state index contributed by atoms with van der Waals surface area (Å²) in [6, 6.07) is 1.67. The van der Waals surface area contributed by atoms with Gasteiger partial charge in [-0.15, -0.1) is 0 Å². The van der Waals surface area contributed by atoms with Crippen LogP contribution in [-0.4, -0.2) is 17.4 Å². The molecule has 0 aliphatic heterocycles. The van der Waals surface area contributed by atoms with Crippen molar-refractivity contribution in [3.8, 4) is 0 Å². The van der Waals surface area contributed by atoms with Crippen LogP contribution in [0.1, 0.15) is 36.0 Å². The number of amides is 1.